The minimum Gasteiger partial charge on any atom is -0.300 e. The SMILES string of the molecule is CC(=O)C(Cc1ccccc1F)Cc1ccccc1F. The molecule has 0 saturated heterocycles. The van der Waals surface area contributed by atoms with Crippen molar-refractivity contribution in [2.75, 3.05) is 0 Å². The quantitative estimate of drug-likeness (QED) is 0.806. The number of hydrogen-bond donors (Lipinski definition) is 0. The monoisotopic (exact) mass is 274 g/mol. The maximum Gasteiger partial charge on any atom is 0.133 e. The first-order valence-corrected chi connectivity index (χ1v) is 6.55. The summed E-state index contributed by atoms with van der Waals surface area (Å²) in [6, 6.07) is 12.7. The van der Waals surface area contributed by atoms with Crippen molar-refractivity contribution in [1.29, 1.82) is 0 Å². The van der Waals surface area contributed by atoms with Crippen molar-refractivity contribution in [2.24, 2.45) is 5.92 Å². The summed E-state index contributed by atoms with van der Waals surface area (Å²) < 4.78 is 27.3. The first-order valence-electron chi connectivity index (χ1n) is 6.55. The largest absolute Gasteiger partial charge is 0.300 e. The molecule has 2 aromatic carbocycles. The van der Waals surface area contributed by atoms with E-state index < -0.39 is 5.92 Å². The lowest BCUT2D eigenvalue weighted by Gasteiger charge is -2.15. The molecule has 2 rings (SSSR count). The second-order valence-corrected chi connectivity index (χ2v) is 4.90. The van der Waals surface area contributed by atoms with Crippen LogP contribution in [0.1, 0.15) is 18.1 Å². The molecule has 20 heavy (non-hydrogen) atoms. The van der Waals surface area contributed by atoms with Crippen molar-refractivity contribution in [3.8, 4) is 0 Å². The number of hydrogen-bond acceptors (Lipinski definition) is 1. The van der Waals surface area contributed by atoms with Crippen molar-refractivity contribution in [2.45, 2.75) is 19.8 Å². The van der Waals surface area contributed by atoms with Crippen LogP contribution in [0.15, 0.2) is 48.5 Å². The van der Waals surface area contributed by atoms with Gasteiger partial charge in [-0.15, -0.1) is 0 Å². The van der Waals surface area contributed by atoms with Crippen molar-refractivity contribution >= 4 is 5.78 Å². The number of Topliss-reactive ketones (excluding diaryl/α,β-unsaturated/α-hetero) is 1. The summed E-state index contributed by atoms with van der Waals surface area (Å²) in [5, 5.41) is 0. The second-order valence-electron chi connectivity index (χ2n) is 4.90. The van der Waals surface area contributed by atoms with E-state index >= 15 is 0 Å². The minimum atomic E-state index is -0.413. The molecule has 3 heteroatoms. The lowest BCUT2D eigenvalue weighted by Crippen LogP contribution is -2.18. The highest BCUT2D eigenvalue weighted by atomic mass is 19.1. The number of halogens is 2. The van der Waals surface area contributed by atoms with Gasteiger partial charge in [0.15, 0.2) is 0 Å². The standard InChI is InChI=1S/C17H16F2O/c1-12(20)15(10-13-6-2-4-8-16(13)18)11-14-7-3-5-9-17(14)19/h2-9,15H,10-11H2,1H3. The third-order valence-corrected chi connectivity index (χ3v) is 3.42. The zero-order valence-corrected chi connectivity index (χ0v) is 11.3. The van der Waals surface area contributed by atoms with E-state index in [4.69, 9.17) is 0 Å². The van der Waals surface area contributed by atoms with Gasteiger partial charge in [-0.25, -0.2) is 8.78 Å². The number of rotatable bonds is 5. The molecular formula is C17H16F2O. The van der Waals surface area contributed by atoms with E-state index in [1.807, 2.05) is 0 Å². The average molecular weight is 274 g/mol. The molecule has 0 aliphatic carbocycles. The maximum atomic E-state index is 13.6. The molecule has 0 N–H and O–H groups in total. The Morgan fingerprint density at radius 1 is 0.900 bits per heavy atom. The molecule has 0 amide bonds. The van der Waals surface area contributed by atoms with Crippen molar-refractivity contribution < 1.29 is 13.6 Å². The van der Waals surface area contributed by atoms with Gasteiger partial charge < -0.3 is 0 Å². The van der Waals surface area contributed by atoms with E-state index in [0.717, 1.165) is 0 Å². The van der Waals surface area contributed by atoms with Crippen LogP contribution in [-0.4, -0.2) is 5.78 Å². The fourth-order valence-electron chi connectivity index (χ4n) is 2.22. The van der Waals surface area contributed by atoms with Crippen LogP contribution in [0.2, 0.25) is 0 Å². The highest BCUT2D eigenvalue weighted by Crippen LogP contribution is 2.19. The van der Waals surface area contributed by atoms with Gasteiger partial charge in [0.25, 0.3) is 0 Å². The first-order chi connectivity index (χ1) is 9.58. The van der Waals surface area contributed by atoms with Gasteiger partial charge in [-0.2, -0.15) is 0 Å². The van der Waals surface area contributed by atoms with Crippen LogP contribution in [0, 0.1) is 17.6 Å². The molecule has 1 nitrogen and oxygen atoms in total. The Balaban J connectivity index is 2.19. The number of carbonyl (C=O) groups excluding carboxylic acids is 1. The molecule has 104 valence electrons. The van der Waals surface area contributed by atoms with Crippen LogP contribution in [0.4, 0.5) is 8.78 Å². The fourth-order valence-corrected chi connectivity index (χ4v) is 2.22. The van der Waals surface area contributed by atoms with Gasteiger partial charge in [-0.1, -0.05) is 36.4 Å². The predicted molar refractivity (Wildman–Crippen MR) is 74.4 cm³/mol. The van der Waals surface area contributed by atoms with Gasteiger partial charge in [0.1, 0.15) is 17.4 Å². The molecule has 0 atom stereocenters. The summed E-state index contributed by atoms with van der Waals surface area (Å²) >= 11 is 0. The summed E-state index contributed by atoms with van der Waals surface area (Å²) in [6.07, 6.45) is 0.576. The predicted octanol–water partition coefficient (Wildman–Crippen LogP) is 3.96. The minimum absolute atomic E-state index is 0.0588. The van der Waals surface area contributed by atoms with E-state index in [0.29, 0.717) is 11.1 Å². The molecule has 0 aromatic heterocycles. The van der Waals surface area contributed by atoms with Crippen LogP contribution in [0.3, 0.4) is 0 Å². The molecule has 0 saturated carbocycles. The third-order valence-electron chi connectivity index (χ3n) is 3.42. The molecule has 0 radical (unpaired) electrons. The Kier molecular flexibility index (Phi) is 4.61. The van der Waals surface area contributed by atoms with E-state index in [-0.39, 0.29) is 30.3 Å². The van der Waals surface area contributed by atoms with E-state index in [2.05, 4.69) is 0 Å². The van der Waals surface area contributed by atoms with E-state index in [9.17, 15) is 13.6 Å². The van der Waals surface area contributed by atoms with Crippen LogP contribution in [-0.2, 0) is 17.6 Å². The average Bonchev–Trinajstić information content (AvgIpc) is 2.42. The van der Waals surface area contributed by atoms with Gasteiger partial charge in [0.2, 0.25) is 0 Å². The summed E-state index contributed by atoms with van der Waals surface area (Å²) in [5.41, 5.74) is 0.980. The molecule has 0 aliphatic heterocycles. The molecule has 0 aliphatic rings. The summed E-state index contributed by atoms with van der Waals surface area (Å²) in [6.45, 7) is 1.46. The van der Waals surface area contributed by atoms with Gasteiger partial charge in [-0.05, 0) is 43.0 Å². The lowest BCUT2D eigenvalue weighted by atomic mass is 9.89. The topological polar surface area (TPSA) is 17.1 Å². The van der Waals surface area contributed by atoms with Crippen molar-refractivity contribution in [3.63, 3.8) is 0 Å². The van der Waals surface area contributed by atoms with E-state index in [1.54, 1.807) is 36.4 Å². The van der Waals surface area contributed by atoms with Crippen LogP contribution in [0.25, 0.3) is 0 Å². The molecule has 0 heterocycles. The molecule has 0 bridgehead atoms. The Hall–Kier alpha value is -2.03. The molecule has 2 aromatic rings. The van der Waals surface area contributed by atoms with Gasteiger partial charge >= 0.3 is 0 Å². The second kappa shape index (κ2) is 6.42. The Bertz CT molecular complexity index is 560. The van der Waals surface area contributed by atoms with Gasteiger partial charge in [-0.3, -0.25) is 4.79 Å². The highest BCUT2D eigenvalue weighted by molar-refractivity contribution is 5.79. The summed E-state index contributed by atoms with van der Waals surface area (Å²) in [4.78, 5) is 11.7. The molecular weight excluding hydrogens is 258 g/mol. The maximum absolute atomic E-state index is 13.6. The summed E-state index contributed by atoms with van der Waals surface area (Å²) in [5.74, 6) is -1.13. The molecule has 0 fully saturated rings. The lowest BCUT2D eigenvalue weighted by molar-refractivity contribution is -0.120. The van der Waals surface area contributed by atoms with E-state index in [1.165, 1.54) is 19.1 Å². The third kappa shape index (κ3) is 3.50. The Labute approximate surface area is 117 Å². The molecule has 0 spiro atoms. The highest BCUT2D eigenvalue weighted by Gasteiger charge is 2.18. The fraction of sp³-hybridized carbons (Fsp3) is 0.235. The normalized spacial score (nSPS) is 10.8. The molecule has 0 unspecified atom stereocenters. The number of benzene rings is 2. The van der Waals surface area contributed by atoms with Crippen molar-refractivity contribution in [1.82, 2.24) is 0 Å². The smallest absolute Gasteiger partial charge is 0.133 e. The Morgan fingerprint density at radius 2 is 1.30 bits per heavy atom. The zero-order valence-electron chi connectivity index (χ0n) is 11.3. The van der Waals surface area contributed by atoms with Crippen molar-refractivity contribution in [3.05, 3.63) is 71.3 Å². The van der Waals surface area contributed by atoms with Crippen LogP contribution < -0.4 is 0 Å². The number of ketones is 1. The zero-order chi connectivity index (χ0) is 14.5. The van der Waals surface area contributed by atoms with Gasteiger partial charge in [0.05, 0.1) is 0 Å². The van der Waals surface area contributed by atoms with Crippen LogP contribution in [0.5, 0.6) is 0 Å². The van der Waals surface area contributed by atoms with Crippen LogP contribution >= 0.6 is 0 Å². The number of carbonyl (C=O) groups is 1. The summed E-state index contributed by atoms with van der Waals surface area (Å²) in [7, 11) is 0. The first kappa shape index (κ1) is 14.4. The Morgan fingerprint density at radius 3 is 1.65 bits per heavy atom. The van der Waals surface area contributed by atoms with Gasteiger partial charge in [0, 0.05) is 5.92 Å².